The number of carbonyl (C=O) groups is 2. The Labute approximate surface area is 144 Å². The topological polar surface area (TPSA) is 79.5 Å². The second-order valence-corrected chi connectivity index (χ2v) is 7.31. The van der Waals surface area contributed by atoms with E-state index in [0.29, 0.717) is 24.5 Å². The number of aromatic nitrogens is 2. The Morgan fingerprint density at radius 3 is 2.72 bits per heavy atom. The molecule has 0 atom stereocenters. The molecule has 4 fully saturated rings. The molecule has 6 rings (SSSR count). The fourth-order valence-electron chi connectivity index (χ4n) is 4.27. The molecule has 0 N–H and O–H groups in total. The molecule has 1 aliphatic heterocycles. The molecule has 4 aliphatic rings. The number of carbonyl (C=O) groups excluding carboxylic acids is 2. The van der Waals surface area contributed by atoms with Crippen molar-refractivity contribution in [1.29, 1.82) is 0 Å². The zero-order chi connectivity index (χ0) is 17.0. The molecule has 3 heterocycles. The molecule has 2 aromatic rings. The molecule has 128 valence electrons. The molecule has 1 saturated heterocycles. The lowest BCUT2D eigenvalue weighted by Gasteiger charge is -2.66. The second-order valence-electron chi connectivity index (χ2n) is 7.31. The summed E-state index contributed by atoms with van der Waals surface area (Å²) in [4.78, 5) is 32.4. The van der Waals surface area contributed by atoms with Gasteiger partial charge < -0.3 is 14.3 Å². The molecular formula is C18H18N4O3. The molecule has 7 nitrogen and oxygen atoms in total. The van der Waals surface area contributed by atoms with E-state index in [1.54, 1.807) is 23.4 Å². The Hall–Kier alpha value is -2.70. The molecule has 2 amide bonds. The fraction of sp³-hybridized carbons (Fsp3) is 0.444. The lowest BCUT2D eigenvalue weighted by molar-refractivity contribution is -0.186. The van der Waals surface area contributed by atoms with Crippen LogP contribution in [0.1, 0.15) is 25.0 Å². The average molecular weight is 338 g/mol. The molecule has 25 heavy (non-hydrogen) atoms. The van der Waals surface area contributed by atoms with Crippen LogP contribution in [0.4, 0.5) is 0 Å². The van der Waals surface area contributed by atoms with Crippen molar-refractivity contribution in [3.05, 3.63) is 36.3 Å². The van der Waals surface area contributed by atoms with Gasteiger partial charge in [0.25, 0.3) is 0 Å². The van der Waals surface area contributed by atoms with Crippen molar-refractivity contribution < 1.29 is 14.1 Å². The third-order valence-electron chi connectivity index (χ3n) is 5.75. The summed E-state index contributed by atoms with van der Waals surface area (Å²) >= 11 is 0. The predicted octanol–water partition coefficient (Wildman–Crippen LogP) is 1.46. The van der Waals surface area contributed by atoms with Crippen molar-refractivity contribution in [2.24, 2.45) is 5.92 Å². The summed E-state index contributed by atoms with van der Waals surface area (Å²) in [5.41, 5.74) is 1.47. The van der Waals surface area contributed by atoms with Crippen LogP contribution in [-0.2, 0) is 16.1 Å². The summed E-state index contributed by atoms with van der Waals surface area (Å²) in [5.74, 6) is 0.596. The minimum atomic E-state index is -0.429. The summed E-state index contributed by atoms with van der Waals surface area (Å²) in [6.07, 6.45) is 6.61. The smallest absolute Gasteiger partial charge is 0.312 e. The number of amides is 2. The van der Waals surface area contributed by atoms with E-state index in [2.05, 4.69) is 10.1 Å². The molecule has 2 aromatic heterocycles. The maximum absolute atomic E-state index is 12.5. The van der Waals surface area contributed by atoms with Gasteiger partial charge in [0.2, 0.25) is 0 Å². The molecule has 7 heteroatoms. The van der Waals surface area contributed by atoms with Crippen LogP contribution in [0.15, 0.2) is 35.1 Å². The maximum Gasteiger partial charge on any atom is 0.312 e. The van der Waals surface area contributed by atoms with Gasteiger partial charge in [0.05, 0.1) is 6.54 Å². The first-order valence-electron chi connectivity index (χ1n) is 8.61. The highest BCUT2D eigenvalue weighted by atomic mass is 16.5. The van der Waals surface area contributed by atoms with E-state index in [9.17, 15) is 9.59 Å². The van der Waals surface area contributed by atoms with Crippen LogP contribution >= 0.6 is 0 Å². The molecule has 0 aromatic carbocycles. The Balaban J connectivity index is 1.28. The quantitative estimate of drug-likeness (QED) is 0.789. The SMILES string of the molecule is O=C1C(=O)N(C23CC(C2)C3)CCN1Cc1cc(-c2cccnc2)on1. The largest absolute Gasteiger partial charge is 0.356 e. The number of piperazine rings is 1. The minimum absolute atomic E-state index is 0.00483. The van der Waals surface area contributed by atoms with E-state index in [-0.39, 0.29) is 18.0 Å². The Bertz CT molecular complexity index is 830. The summed E-state index contributed by atoms with van der Waals surface area (Å²) in [6, 6.07) is 5.50. The van der Waals surface area contributed by atoms with Gasteiger partial charge in [0.15, 0.2) is 5.76 Å². The number of rotatable bonds is 4. The van der Waals surface area contributed by atoms with Crippen LogP contribution in [0.2, 0.25) is 0 Å². The second kappa shape index (κ2) is 5.15. The third-order valence-corrected chi connectivity index (χ3v) is 5.75. The van der Waals surface area contributed by atoms with Crippen molar-refractivity contribution in [3.8, 4) is 11.3 Å². The van der Waals surface area contributed by atoms with Gasteiger partial charge in [-0.3, -0.25) is 14.6 Å². The van der Waals surface area contributed by atoms with Crippen molar-refractivity contribution in [2.75, 3.05) is 13.1 Å². The van der Waals surface area contributed by atoms with Crippen LogP contribution < -0.4 is 0 Å². The zero-order valence-corrected chi connectivity index (χ0v) is 13.7. The Kier molecular flexibility index (Phi) is 3.01. The molecule has 2 bridgehead atoms. The number of hydrogen-bond donors (Lipinski definition) is 0. The average Bonchev–Trinajstić information content (AvgIpc) is 3.01. The van der Waals surface area contributed by atoms with Crippen molar-refractivity contribution in [1.82, 2.24) is 19.9 Å². The van der Waals surface area contributed by atoms with Crippen molar-refractivity contribution >= 4 is 11.8 Å². The lowest BCUT2D eigenvalue weighted by Crippen LogP contribution is -2.73. The van der Waals surface area contributed by atoms with Crippen molar-refractivity contribution in [2.45, 2.75) is 31.3 Å². The van der Waals surface area contributed by atoms with Crippen molar-refractivity contribution in [3.63, 3.8) is 0 Å². The molecular weight excluding hydrogens is 320 g/mol. The zero-order valence-electron chi connectivity index (χ0n) is 13.7. The van der Waals surface area contributed by atoms with E-state index in [1.165, 1.54) is 0 Å². The summed E-state index contributed by atoms with van der Waals surface area (Å²) < 4.78 is 5.34. The van der Waals surface area contributed by atoms with E-state index in [1.807, 2.05) is 17.0 Å². The van der Waals surface area contributed by atoms with Crippen LogP contribution in [0.3, 0.4) is 0 Å². The standard InChI is InChI=1S/C18H18N4O3/c23-16-17(24)22(18-7-12(8-18)9-18)5-4-21(16)11-14-6-15(25-20-14)13-2-1-3-19-10-13/h1-3,6,10,12H,4-5,7-9,11H2. The first kappa shape index (κ1) is 14.6. The monoisotopic (exact) mass is 338 g/mol. The van der Waals surface area contributed by atoms with Crippen LogP contribution in [0.5, 0.6) is 0 Å². The normalized spacial score (nSPS) is 27.9. The van der Waals surface area contributed by atoms with Gasteiger partial charge >= 0.3 is 11.8 Å². The minimum Gasteiger partial charge on any atom is -0.356 e. The molecule has 0 spiro atoms. The number of hydrogen-bond acceptors (Lipinski definition) is 5. The van der Waals surface area contributed by atoms with E-state index < -0.39 is 5.91 Å². The Morgan fingerprint density at radius 1 is 1.20 bits per heavy atom. The molecule has 3 aliphatic carbocycles. The number of nitrogens with zero attached hydrogens (tertiary/aromatic N) is 4. The van der Waals surface area contributed by atoms with Gasteiger partial charge in [-0.05, 0) is 37.3 Å². The van der Waals surface area contributed by atoms with E-state index >= 15 is 0 Å². The van der Waals surface area contributed by atoms with Gasteiger partial charge in [0.1, 0.15) is 5.69 Å². The molecule has 3 saturated carbocycles. The van der Waals surface area contributed by atoms with E-state index in [4.69, 9.17) is 4.52 Å². The van der Waals surface area contributed by atoms with Crippen LogP contribution in [0, 0.1) is 5.92 Å². The van der Waals surface area contributed by atoms with Crippen LogP contribution in [0.25, 0.3) is 11.3 Å². The highest BCUT2D eigenvalue weighted by Gasteiger charge is 2.62. The van der Waals surface area contributed by atoms with Gasteiger partial charge in [-0.2, -0.15) is 0 Å². The molecule has 0 radical (unpaired) electrons. The summed E-state index contributed by atoms with van der Waals surface area (Å²) in [5, 5.41) is 4.03. The highest BCUT2D eigenvalue weighted by Crippen LogP contribution is 2.60. The number of pyridine rings is 1. The first-order valence-corrected chi connectivity index (χ1v) is 8.61. The fourth-order valence-corrected chi connectivity index (χ4v) is 4.27. The summed E-state index contributed by atoms with van der Waals surface area (Å²) in [7, 11) is 0. The lowest BCUT2D eigenvalue weighted by atomic mass is 9.49. The first-order chi connectivity index (χ1) is 12.1. The maximum atomic E-state index is 12.5. The van der Waals surface area contributed by atoms with E-state index in [0.717, 1.165) is 30.7 Å². The summed E-state index contributed by atoms with van der Waals surface area (Å²) in [6.45, 7) is 1.45. The predicted molar refractivity (Wildman–Crippen MR) is 86.9 cm³/mol. The van der Waals surface area contributed by atoms with Crippen LogP contribution in [-0.4, -0.2) is 50.4 Å². The van der Waals surface area contributed by atoms with Gasteiger partial charge in [0, 0.05) is 42.7 Å². The Morgan fingerprint density at radius 2 is 2.04 bits per heavy atom. The highest BCUT2D eigenvalue weighted by molar-refractivity contribution is 6.35. The van der Waals surface area contributed by atoms with Gasteiger partial charge in [-0.1, -0.05) is 5.16 Å². The van der Waals surface area contributed by atoms with Gasteiger partial charge in [-0.15, -0.1) is 0 Å². The third kappa shape index (κ3) is 2.18. The van der Waals surface area contributed by atoms with Gasteiger partial charge in [-0.25, -0.2) is 0 Å². The molecule has 0 unspecified atom stereocenters.